The molecule has 6 nitrogen and oxygen atoms in total. The number of hydrogen-bond acceptors (Lipinski definition) is 5. The molecule has 0 aromatic carbocycles. The molecule has 2 heterocycles. The molecule has 1 unspecified atom stereocenters. The highest BCUT2D eigenvalue weighted by Crippen LogP contribution is 2.17. The Balaban J connectivity index is 2.06. The first-order chi connectivity index (χ1) is 8.62. The molecule has 18 heavy (non-hydrogen) atoms. The number of anilines is 1. The van der Waals surface area contributed by atoms with Crippen molar-refractivity contribution in [3.63, 3.8) is 0 Å². The first-order valence-corrected chi connectivity index (χ1v) is 7.39. The van der Waals surface area contributed by atoms with E-state index in [9.17, 15) is 8.42 Å². The van der Waals surface area contributed by atoms with E-state index < -0.39 is 10.0 Å². The predicted molar refractivity (Wildman–Crippen MR) is 69.2 cm³/mol. The summed E-state index contributed by atoms with van der Waals surface area (Å²) in [4.78, 5) is 3.96. The monoisotopic (exact) mass is 271 g/mol. The average molecular weight is 271 g/mol. The molecule has 0 amide bonds. The largest absolute Gasteiger partial charge is 0.481 e. The van der Waals surface area contributed by atoms with Gasteiger partial charge in [0.1, 0.15) is 0 Å². The van der Waals surface area contributed by atoms with Crippen LogP contribution in [0.2, 0.25) is 0 Å². The summed E-state index contributed by atoms with van der Waals surface area (Å²) in [5, 5.41) is 2.71. The molecule has 2 N–H and O–H groups in total. The smallest absolute Gasteiger partial charge is 0.236 e. The fraction of sp³-hybridized carbons (Fsp3) is 0.545. The second-order valence-electron chi connectivity index (χ2n) is 4.20. The number of pyridine rings is 1. The fourth-order valence-corrected chi connectivity index (χ4v) is 3.32. The molecule has 2 rings (SSSR count). The summed E-state index contributed by atoms with van der Waals surface area (Å²) in [6.07, 6.45) is 3.02. The summed E-state index contributed by atoms with van der Waals surface area (Å²) in [6.45, 7) is 1.38. The van der Waals surface area contributed by atoms with E-state index in [1.807, 2.05) is 0 Å². The van der Waals surface area contributed by atoms with Crippen LogP contribution in [0.4, 0.5) is 5.69 Å². The molecule has 0 aliphatic carbocycles. The standard InChI is InChI=1S/C11H17N3O3S/c1-17-11-5-4-9(7-13-11)14-18(15,16)10-3-2-6-12-8-10/h4-5,7,10,12,14H,2-3,6,8H2,1H3. The summed E-state index contributed by atoms with van der Waals surface area (Å²) in [5.41, 5.74) is 0.460. The zero-order valence-corrected chi connectivity index (χ0v) is 11.0. The summed E-state index contributed by atoms with van der Waals surface area (Å²) in [6, 6.07) is 3.26. The summed E-state index contributed by atoms with van der Waals surface area (Å²) in [5.74, 6) is 0.456. The number of methoxy groups -OCH3 is 1. The third-order valence-corrected chi connectivity index (χ3v) is 4.70. The molecule has 1 aromatic rings. The van der Waals surface area contributed by atoms with Crippen LogP contribution in [0.3, 0.4) is 0 Å². The van der Waals surface area contributed by atoms with Gasteiger partial charge in [-0.3, -0.25) is 4.72 Å². The number of ether oxygens (including phenoxy) is 1. The molecule has 0 bridgehead atoms. The van der Waals surface area contributed by atoms with Crippen LogP contribution in [-0.4, -0.2) is 38.9 Å². The zero-order valence-electron chi connectivity index (χ0n) is 10.2. The highest BCUT2D eigenvalue weighted by Gasteiger charge is 2.27. The first kappa shape index (κ1) is 13.1. The van der Waals surface area contributed by atoms with Gasteiger partial charge in [0.25, 0.3) is 0 Å². The fourth-order valence-electron chi connectivity index (χ4n) is 1.89. The van der Waals surface area contributed by atoms with Gasteiger partial charge in [-0.1, -0.05) is 0 Å². The van der Waals surface area contributed by atoms with E-state index in [2.05, 4.69) is 15.0 Å². The number of rotatable bonds is 4. The minimum Gasteiger partial charge on any atom is -0.481 e. The lowest BCUT2D eigenvalue weighted by molar-refractivity contribution is 0.398. The van der Waals surface area contributed by atoms with E-state index in [1.165, 1.54) is 13.3 Å². The van der Waals surface area contributed by atoms with Crippen molar-refractivity contribution < 1.29 is 13.2 Å². The van der Waals surface area contributed by atoms with Gasteiger partial charge < -0.3 is 10.1 Å². The number of nitrogens with one attached hydrogen (secondary N) is 2. The van der Waals surface area contributed by atoms with Crippen LogP contribution in [0.1, 0.15) is 12.8 Å². The highest BCUT2D eigenvalue weighted by atomic mass is 32.2. The van der Waals surface area contributed by atoms with Gasteiger partial charge in [0.15, 0.2) is 0 Å². The lowest BCUT2D eigenvalue weighted by atomic mass is 10.2. The number of hydrogen-bond donors (Lipinski definition) is 2. The van der Waals surface area contributed by atoms with Crippen LogP contribution in [0, 0.1) is 0 Å². The van der Waals surface area contributed by atoms with Crippen LogP contribution >= 0.6 is 0 Å². The Labute approximate surface area is 107 Å². The van der Waals surface area contributed by atoms with Gasteiger partial charge in [-0.2, -0.15) is 0 Å². The van der Waals surface area contributed by atoms with Crippen LogP contribution in [-0.2, 0) is 10.0 Å². The minimum absolute atomic E-state index is 0.381. The van der Waals surface area contributed by atoms with Crippen molar-refractivity contribution in [3.05, 3.63) is 18.3 Å². The molecule has 0 radical (unpaired) electrons. The SMILES string of the molecule is COc1ccc(NS(=O)(=O)C2CCCNC2)cn1. The lowest BCUT2D eigenvalue weighted by Gasteiger charge is -2.23. The van der Waals surface area contributed by atoms with Gasteiger partial charge in [-0.15, -0.1) is 0 Å². The van der Waals surface area contributed by atoms with E-state index >= 15 is 0 Å². The summed E-state index contributed by atoms with van der Waals surface area (Å²) >= 11 is 0. The van der Waals surface area contributed by atoms with E-state index in [1.54, 1.807) is 12.1 Å². The average Bonchev–Trinajstić information content (AvgIpc) is 2.40. The highest BCUT2D eigenvalue weighted by molar-refractivity contribution is 7.93. The molecule has 0 saturated carbocycles. The molecule has 1 aliphatic rings. The maximum atomic E-state index is 12.1. The Morgan fingerprint density at radius 1 is 1.50 bits per heavy atom. The van der Waals surface area contributed by atoms with E-state index in [0.29, 0.717) is 24.5 Å². The molecule has 1 fully saturated rings. The minimum atomic E-state index is -3.35. The Hall–Kier alpha value is -1.34. The normalized spacial score (nSPS) is 20.4. The van der Waals surface area contributed by atoms with Gasteiger partial charge in [-0.25, -0.2) is 13.4 Å². The van der Waals surface area contributed by atoms with Crippen molar-refractivity contribution in [1.82, 2.24) is 10.3 Å². The van der Waals surface area contributed by atoms with E-state index in [4.69, 9.17) is 4.74 Å². The second kappa shape index (κ2) is 5.53. The van der Waals surface area contributed by atoms with E-state index in [-0.39, 0.29) is 5.25 Å². The Morgan fingerprint density at radius 2 is 2.33 bits per heavy atom. The van der Waals surface area contributed by atoms with Gasteiger partial charge in [0.2, 0.25) is 15.9 Å². The molecule has 7 heteroatoms. The summed E-state index contributed by atoms with van der Waals surface area (Å²) < 4.78 is 31.7. The number of aromatic nitrogens is 1. The first-order valence-electron chi connectivity index (χ1n) is 5.84. The van der Waals surface area contributed by atoms with Gasteiger partial charge >= 0.3 is 0 Å². The Kier molecular flexibility index (Phi) is 4.03. The lowest BCUT2D eigenvalue weighted by Crippen LogP contribution is -2.41. The van der Waals surface area contributed by atoms with Crippen LogP contribution < -0.4 is 14.8 Å². The van der Waals surface area contributed by atoms with Crippen LogP contribution in [0.15, 0.2) is 18.3 Å². The maximum absolute atomic E-state index is 12.1. The van der Waals surface area contributed by atoms with Crippen LogP contribution in [0.5, 0.6) is 5.88 Å². The van der Waals surface area contributed by atoms with Crippen molar-refractivity contribution in [1.29, 1.82) is 0 Å². The Morgan fingerprint density at radius 3 is 2.89 bits per heavy atom. The van der Waals surface area contributed by atoms with Crippen molar-refractivity contribution in [2.45, 2.75) is 18.1 Å². The van der Waals surface area contributed by atoms with Gasteiger partial charge in [0.05, 0.1) is 24.2 Å². The van der Waals surface area contributed by atoms with Gasteiger partial charge in [-0.05, 0) is 25.5 Å². The van der Waals surface area contributed by atoms with Crippen molar-refractivity contribution in [3.8, 4) is 5.88 Å². The molecule has 100 valence electrons. The number of piperidine rings is 1. The van der Waals surface area contributed by atoms with Crippen LogP contribution in [0.25, 0.3) is 0 Å². The second-order valence-corrected chi connectivity index (χ2v) is 6.17. The van der Waals surface area contributed by atoms with Crippen molar-refractivity contribution in [2.75, 3.05) is 24.9 Å². The van der Waals surface area contributed by atoms with Crippen molar-refractivity contribution >= 4 is 15.7 Å². The molecular weight excluding hydrogens is 254 g/mol. The third-order valence-electron chi connectivity index (χ3n) is 2.90. The maximum Gasteiger partial charge on any atom is 0.236 e. The predicted octanol–water partition coefficient (Wildman–Crippen LogP) is 0.584. The molecule has 1 aromatic heterocycles. The Bertz CT molecular complexity index is 481. The topological polar surface area (TPSA) is 80.3 Å². The van der Waals surface area contributed by atoms with E-state index in [0.717, 1.165) is 13.0 Å². The molecule has 1 saturated heterocycles. The number of sulfonamides is 1. The molecule has 0 spiro atoms. The zero-order chi connectivity index (χ0) is 13.0. The van der Waals surface area contributed by atoms with Crippen molar-refractivity contribution in [2.24, 2.45) is 0 Å². The molecule has 1 atom stereocenters. The molecular formula is C11H17N3O3S. The third kappa shape index (κ3) is 3.11. The molecule has 1 aliphatic heterocycles. The number of nitrogens with zero attached hydrogens (tertiary/aromatic N) is 1. The van der Waals surface area contributed by atoms with Gasteiger partial charge in [0, 0.05) is 12.6 Å². The quantitative estimate of drug-likeness (QED) is 0.837. The summed E-state index contributed by atoms with van der Waals surface area (Å²) in [7, 11) is -1.84.